The summed E-state index contributed by atoms with van der Waals surface area (Å²) in [4.78, 5) is 23.5. The van der Waals surface area contributed by atoms with E-state index >= 15 is 0 Å². The number of hydrogen-bond acceptors (Lipinski definition) is 4. The minimum atomic E-state index is -1.01. The molecule has 6 nitrogen and oxygen atoms in total. The lowest BCUT2D eigenvalue weighted by molar-refractivity contribution is -0.112. The van der Waals surface area contributed by atoms with Crippen LogP contribution in [0.5, 0.6) is 0 Å². The van der Waals surface area contributed by atoms with Crippen LogP contribution < -0.4 is 5.32 Å². The predicted octanol–water partition coefficient (Wildman–Crippen LogP) is 5.34. The molecule has 4 aromatic rings. The first-order chi connectivity index (χ1) is 15.0. The molecule has 0 unspecified atom stereocenters. The Hall–Kier alpha value is -4.63. The van der Waals surface area contributed by atoms with Crippen molar-refractivity contribution in [2.24, 2.45) is 0 Å². The van der Waals surface area contributed by atoms with Crippen LogP contribution in [0.2, 0.25) is 0 Å². The van der Waals surface area contributed by atoms with Gasteiger partial charge in [0.1, 0.15) is 23.2 Å². The summed E-state index contributed by atoms with van der Waals surface area (Å²) in [5.41, 5.74) is 1.34. The molecule has 0 saturated heterocycles. The molecule has 0 saturated carbocycles. The fourth-order valence-corrected chi connectivity index (χ4v) is 3.12. The monoisotopic (exact) mass is 408 g/mol. The average Bonchev–Trinajstić information content (AvgIpc) is 3.26. The molecule has 2 N–H and O–H groups in total. The van der Waals surface area contributed by atoms with Crippen molar-refractivity contribution in [2.75, 3.05) is 5.32 Å². The standard InChI is InChI=1S/C25H16N2O4/c26-15-20(24(28)27-21-10-9-16-3-1-2-4-19(16)13-21)14-22-11-12-23(31-22)17-5-7-18(8-6-17)25(29)30/h1-14H,(H,27,28)(H,29,30)/b20-14+. The van der Waals surface area contributed by atoms with Gasteiger partial charge in [0, 0.05) is 17.3 Å². The molecule has 0 aliphatic heterocycles. The van der Waals surface area contributed by atoms with Crippen molar-refractivity contribution in [3.8, 4) is 17.4 Å². The molecule has 0 bridgehead atoms. The number of aromatic carboxylic acids is 1. The maximum absolute atomic E-state index is 12.6. The first-order valence-corrected chi connectivity index (χ1v) is 9.39. The molecule has 0 radical (unpaired) electrons. The number of rotatable bonds is 5. The number of carbonyl (C=O) groups is 2. The summed E-state index contributed by atoms with van der Waals surface area (Å²) in [5, 5.41) is 23.2. The second-order valence-electron chi connectivity index (χ2n) is 6.77. The molecule has 0 spiro atoms. The lowest BCUT2D eigenvalue weighted by atomic mass is 10.1. The fraction of sp³-hybridized carbons (Fsp3) is 0. The Morgan fingerprint density at radius 2 is 1.68 bits per heavy atom. The maximum Gasteiger partial charge on any atom is 0.335 e. The van der Waals surface area contributed by atoms with Gasteiger partial charge >= 0.3 is 5.97 Å². The lowest BCUT2D eigenvalue weighted by Crippen LogP contribution is -2.13. The number of furan rings is 1. The van der Waals surface area contributed by atoms with Crippen molar-refractivity contribution in [1.29, 1.82) is 5.26 Å². The molecule has 1 aromatic heterocycles. The van der Waals surface area contributed by atoms with E-state index in [1.54, 1.807) is 30.3 Å². The Morgan fingerprint density at radius 1 is 0.935 bits per heavy atom. The number of fused-ring (bicyclic) bond motifs is 1. The Labute approximate surface area is 177 Å². The summed E-state index contributed by atoms with van der Waals surface area (Å²) >= 11 is 0. The number of nitrogens with one attached hydrogen (secondary N) is 1. The van der Waals surface area contributed by atoms with Gasteiger partial charge in [-0.2, -0.15) is 5.26 Å². The highest BCUT2D eigenvalue weighted by molar-refractivity contribution is 6.10. The number of carbonyl (C=O) groups excluding carboxylic acids is 1. The van der Waals surface area contributed by atoms with E-state index in [0.29, 0.717) is 22.8 Å². The topological polar surface area (TPSA) is 103 Å². The molecule has 1 heterocycles. The van der Waals surface area contributed by atoms with E-state index in [9.17, 15) is 14.9 Å². The van der Waals surface area contributed by atoms with Crippen LogP contribution in [-0.4, -0.2) is 17.0 Å². The quantitative estimate of drug-likeness (QED) is 0.342. The number of carboxylic acid groups (broad SMARTS) is 1. The van der Waals surface area contributed by atoms with E-state index in [1.165, 1.54) is 18.2 Å². The van der Waals surface area contributed by atoms with E-state index < -0.39 is 11.9 Å². The predicted molar refractivity (Wildman–Crippen MR) is 117 cm³/mol. The van der Waals surface area contributed by atoms with E-state index in [-0.39, 0.29) is 11.1 Å². The minimum absolute atomic E-state index is 0.102. The van der Waals surface area contributed by atoms with Gasteiger partial charge in [-0.3, -0.25) is 4.79 Å². The Morgan fingerprint density at radius 3 is 2.39 bits per heavy atom. The van der Waals surface area contributed by atoms with Gasteiger partial charge in [-0.15, -0.1) is 0 Å². The van der Waals surface area contributed by atoms with E-state index in [2.05, 4.69) is 5.32 Å². The molecule has 0 aliphatic carbocycles. The third kappa shape index (κ3) is 4.36. The van der Waals surface area contributed by atoms with Crippen LogP contribution in [0.15, 0.2) is 88.9 Å². The van der Waals surface area contributed by atoms with Crippen LogP contribution in [0, 0.1) is 11.3 Å². The third-order valence-electron chi connectivity index (χ3n) is 4.70. The van der Waals surface area contributed by atoms with Crippen LogP contribution in [-0.2, 0) is 4.79 Å². The van der Waals surface area contributed by atoms with Crippen molar-refractivity contribution in [1.82, 2.24) is 0 Å². The molecular weight excluding hydrogens is 392 g/mol. The third-order valence-corrected chi connectivity index (χ3v) is 4.70. The minimum Gasteiger partial charge on any atom is -0.478 e. The Balaban J connectivity index is 1.53. The highest BCUT2D eigenvalue weighted by atomic mass is 16.4. The van der Waals surface area contributed by atoms with Crippen molar-refractivity contribution < 1.29 is 19.1 Å². The van der Waals surface area contributed by atoms with Crippen molar-refractivity contribution in [3.63, 3.8) is 0 Å². The van der Waals surface area contributed by atoms with Gasteiger partial charge in [0.05, 0.1) is 5.56 Å². The van der Waals surface area contributed by atoms with Gasteiger partial charge in [0.2, 0.25) is 0 Å². The number of benzene rings is 3. The lowest BCUT2D eigenvalue weighted by Gasteiger charge is -2.05. The zero-order valence-corrected chi connectivity index (χ0v) is 16.2. The average molecular weight is 408 g/mol. The number of amides is 1. The second kappa shape index (κ2) is 8.39. The molecule has 6 heteroatoms. The highest BCUT2D eigenvalue weighted by Crippen LogP contribution is 2.24. The summed E-state index contributed by atoms with van der Waals surface area (Å²) in [5.74, 6) is -0.717. The van der Waals surface area contributed by atoms with Crippen molar-refractivity contribution in [3.05, 3.63) is 95.8 Å². The summed E-state index contributed by atoms with van der Waals surface area (Å²) in [6, 6.07) is 24.8. The molecule has 1 amide bonds. The molecule has 0 fully saturated rings. The maximum atomic E-state index is 12.6. The number of nitrogens with zero attached hydrogens (tertiary/aromatic N) is 1. The molecule has 0 aliphatic rings. The molecule has 150 valence electrons. The van der Waals surface area contributed by atoms with Crippen molar-refractivity contribution in [2.45, 2.75) is 0 Å². The highest BCUT2D eigenvalue weighted by Gasteiger charge is 2.12. The fourth-order valence-electron chi connectivity index (χ4n) is 3.12. The van der Waals surface area contributed by atoms with E-state index in [4.69, 9.17) is 9.52 Å². The van der Waals surface area contributed by atoms with Gasteiger partial charge in [0.15, 0.2) is 0 Å². The normalized spacial score (nSPS) is 11.1. The summed E-state index contributed by atoms with van der Waals surface area (Å²) in [7, 11) is 0. The van der Waals surface area contributed by atoms with Gasteiger partial charge in [-0.05, 0) is 47.2 Å². The first kappa shape index (κ1) is 19.7. The molecule has 31 heavy (non-hydrogen) atoms. The van der Waals surface area contributed by atoms with Crippen LogP contribution in [0.25, 0.3) is 28.2 Å². The number of carboxylic acids is 1. The smallest absolute Gasteiger partial charge is 0.335 e. The number of hydrogen-bond donors (Lipinski definition) is 2. The molecular formula is C25H16N2O4. The van der Waals surface area contributed by atoms with Gasteiger partial charge in [-0.25, -0.2) is 4.79 Å². The van der Waals surface area contributed by atoms with Crippen molar-refractivity contribution >= 4 is 34.4 Å². The van der Waals surface area contributed by atoms with Crippen LogP contribution >= 0.6 is 0 Å². The van der Waals surface area contributed by atoms with Gasteiger partial charge in [-0.1, -0.05) is 42.5 Å². The second-order valence-corrected chi connectivity index (χ2v) is 6.77. The van der Waals surface area contributed by atoms with E-state index in [1.807, 2.05) is 42.5 Å². The first-order valence-electron chi connectivity index (χ1n) is 9.39. The van der Waals surface area contributed by atoms with E-state index in [0.717, 1.165) is 10.8 Å². The Kier molecular flexibility index (Phi) is 5.33. The summed E-state index contributed by atoms with van der Waals surface area (Å²) in [6.45, 7) is 0. The summed E-state index contributed by atoms with van der Waals surface area (Å²) in [6.07, 6.45) is 1.37. The van der Waals surface area contributed by atoms with Crippen LogP contribution in [0.3, 0.4) is 0 Å². The number of nitriles is 1. The van der Waals surface area contributed by atoms with Gasteiger partial charge in [0.25, 0.3) is 5.91 Å². The zero-order chi connectivity index (χ0) is 21.8. The zero-order valence-electron chi connectivity index (χ0n) is 16.2. The molecule has 0 atom stereocenters. The number of anilines is 1. The molecule has 3 aromatic carbocycles. The molecule has 4 rings (SSSR count). The van der Waals surface area contributed by atoms with Crippen LogP contribution in [0.1, 0.15) is 16.1 Å². The summed E-state index contributed by atoms with van der Waals surface area (Å²) < 4.78 is 5.71. The Bertz CT molecular complexity index is 1360. The largest absolute Gasteiger partial charge is 0.478 e. The SMILES string of the molecule is N#C/C(=C\c1ccc(-c2ccc(C(=O)O)cc2)o1)C(=O)Nc1ccc2ccccc2c1. The van der Waals surface area contributed by atoms with Crippen LogP contribution in [0.4, 0.5) is 5.69 Å². The van der Waals surface area contributed by atoms with Gasteiger partial charge < -0.3 is 14.8 Å².